The molecule has 14 heavy (non-hydrogen) atoms. The molecule has 0 atom stereocenters. The van der Waals surface area contributed by atoms with Crippen molar-refractivity contribution < 1.29 is 0 Å². The van der Waals surface area contributed by atoms with E-state index in [1.807, 2.05) is 13.0 Å². The van der Waals surface area contributed by atoms with Gasteiger partial charge < -0.3 is 0 Å². The first-order valence-corrected chi connectivity index (χ1v) is 5.02. The van der Waals surface area contributed by atoms with E-state index in [1.165, 1.54) is 24.8 Å². The van der Waals surface area contributed by atoms with Crippen LogP contribution in [0.1, 0.15) is 26.2 Å². The van der Waals surface area contributed by atoms with Gasteiger partial charge in [0, 0.05) is 0 Å². The highest BCUT2D eigenvalue weighted by Gasteiger charge is 2.18. The van der Waals surface area contributed by atoms with E-state index in [-0.39, 0.29) is 5.16 Å². The maximum absolute atomic E-state index is 8.77. The van der Waals surface area contributed by atoms with Crippen LogP contribution in [0.5, 0.6) is 0 Å². The minimum Gasteiger partial charge on any atom is -0.226 e. The maximum atomic E-state index is 8.77. The highest BCUT2D eigenvalue weighted by molar-refractivity contribution is 6.30. The number of nitrogens with zero attached hydrogens (tertiary/aromatic N) is 2. The van der Waals surface area contributed by atoms with E-state index < -0.39 is 0 Å². The highest BCUT2D eigenvalue weighted by Crippen LogP contribution is 2.32. The quantitative estimate of drug-likeness (QED) is 0.517. The first kappa shape index (κ1) is 11.0. The summed E-state index contributed by atoms with van der Waals surface area (Å²) >= 11 is 5.50. The van der Waals surface area contributed by atoms with Gasteiger partial charge in [-0.15, -0.1) is 0 Å². The van der Waals surface area contributed by atoms with Crippen molar-refractivity contribution in [2.75, 3.05) is 0 Å². The Bertz CT molecular complexity index is 330. The van der Waals surface area contributed by atoms with E-state index >= 15 is 0 Å². The first-order chi connectivity index (χ1) is 6.63. The summed E-state index contributed by atoms with van der Waals surface area (Å²) in [4.78, 5) is 3.83. The molecule has 1 rings (SSSR count). The largest absolute Gasteiger partial charge is 0.226 e. The van der Waals surface area contributed by atoms with Crippen LogP contribution in [0.15, 0.2) is 28.4 Å². The number of allylic oxidation sites excluding steroid dienone is 2. The zero-order valence-corrected chi connectivity index (χ0v) is 9.01. The molecule has 2 nitrogen and oxygen atoms in total. The zero-order chi connectivity index (χ0) is 10.6. The molecule has 0 aromatic heterocycles. The van der Waals surface area contributed by atoms with Crippen molar-refractivity contribution in [1.82, 2.24) is 0 Å². The molecule has 0 heterocycles. The lowest BCUT2D eigenvalue weighted by Gasteiger charge is -2.26. The van der Waals surface area contributed by atoms with Gasteiger partial charge in [0.15, 0.2) is 0 Å². The number of halogens is 1. The van der Waals surface area contributed by atoms with Gasteiger partial charge in [-0.25, -0.2) is 4.99 Å². The molecule has 0 spiro atoms. The highest BCUT2D eigenvalue weighted by atomic mass is 35.5. The molecule has 1 aliphatic carbocycles. The van der Waals surface area contributed by atoms with E-state index in [9.17, 15) is 0 Å². The second-order valence-corrected chi connectivity index (χ2v) is 3.94. The fraction of sp³-hybridized carbons (Fsp3) is 0.455. The summed E-state index contributed by atoms with van der Waals surface area (Å²) in [5, 5.41) is 8.92. The summed E-state index contributed by atoms with van der Waals surface area (Å²) < 4.78 is 0. The number of hydrogen-bond donors (Lipinski definition) is 0. The molecule has 0 radical (unpaired) electrons. The van der Waals surface area contributed by atoms with E-state index in [0.29, 0.717) is 11.6 Å². The van der Waals surface area contributed by atoms with Crippen molar-refractivity contribution in [3.8, 4) is 6.07 Å². The van der Waals surface area contributed by atoms with Crippen molar-refractivity contribution >= 4 is 17.3 Å². The van der Waals surface area contributed by atoms with Crippen LogP contribution in [-0.2, 0) is 0 Å². The van der Waals surface area contributed by atoms with Crippen LogP contribution >= 0.6 is 11.6 Å². The molecular weight excluding hydrogens is 196 g/mol. The monoisotopic (exact) mass is 208 g/mol. The summed E-state index contributed by atoms with van der Waals surface area (Å²) in [6.07, 6.45) is 5.54. The lowest BCUT2D eigenvalue weighted by Crippen LogP contribution is -2.12. The van der Waals surface area contributed by atoms with E-state index in [4.69, 9.17) is 16.9 Å². The normalized spacial score (nSPS) is 18.6. The molecule has 3 heteroatoms. The molecule has 0 N–H and O–H groups in total. The second-order valence-electron chi connectivity index (χ2n) is 3.50. The van der Waals surface area contributed by atoms with Crippen molar-refractivity contribution in [1.29, 1.82) is 5.26 Å². The molecule has 0 unspecified atom stereocenters. The summed E-state index contributed by atoms with van der Waals surface area (Å²) in [5.74, 6) is 0.636. The lowest BCUT2D eigenvalue weighted by molar-refractivity contribution is 0.368. The van der Waals surface area contributed by atoms with Crippen LogP contribution in [0.4, 0.5) is 0 Å². The maximum Gasteiger partial charge on any atom is 0.142 e. The molecular formula is C11H13ClN2. The molecule has 1 saturated carbocycles. The Kier molecular flexibility index (Phi) is 3.91. The number of rotatable bonds is 3. The first-order valence-electron chi connectivity index (χ1n) is 4.65. The average Bonchev–Trinajstić information content (AvgIpc) is 1.98. The van der Waals surface area contributed by atoms with E-state index in [0.717, 1.165) is 0 Å². The van der Waals surface area contributed by atoms with Crippen LogP contribution in [0.2, 0.25) is 0 Å². The predicted molar refractivity (Wildman–Crippen MR) is 59.1 cm³/mol. The minimum absolute atomic E-state index is 0.152. The molecule has 0 aromatic carbocycles. The van der Waals surface area contributed by atoms with Gasteiger partial charge in [0.05, 0.1) is 0 Å². The van der Waals surface area contributed by atoms with Crippen molar-refractivity contribution in [3.05, 3.63) is 23.4 Å². The van der Waals surface area contributed by atoms with E-state index in [1.54, 1.807) is 6.08 Å². The SMILES string of the molecule is C=C(Cl)/N=C(C#N)\C=C(/C)C1CCC1. The van der Waals surface area contributed by atoms with Gasteiger partial charge >= 0.3 is 0 Å². The van der Waals surface area contributed by atoms with Gasteiger partial charge in [-0.3, -0.25) is 0 Å². The number of aliphatic imine (C=N–C) groups is 1. The molecule has 0 bridgehead atoms. The van der Waals surface area contributed by atoms with Gasteiger partial charge in [0.25, 0.3) is 0 Å². The Balaban J connectivity index is 2.72. The Hall–Kier alpha value is -1.07. The molecule has 0 amide bonds. The minimum atomic E-state index is 0.152. The summed E-state index contributed by atoms with van der Waals surface area (Å²) in [6, 6.07) is 2.00. The molecule has 0 aromatic rings. The Labute approximate surface area is 89.6 Å². The van der Waals surface area contributed by atoms with Gasteiger partial charge in [-0.05, 0) is 31.8 Å². The summed E-state index contributed by atoms with van der Waals surface area (Å²) in [6.45, 7) is 5.46. The Morgan fingerprint density at radius 3 is 2.64 bits per heavy atom. The van der Waals surface area contributed by atoms with Crippen LogP contribution in [-0.4, -0.2) is 5.71 Å². The molecule has 1 fully saturated rings. The van der Waals surface area contributed by atoms with Crippen LogP contribution in [0, 0.1) is 17.2 Å². The third-order valence-electron chi connectivity index (χ3n) is 2.47. The van der Waals surface area contributed by atoms with Crippen molar-refractivity contribution in [3.63, 3.8) is 0 Å². The standard InChI is InChI=1S/C11H13ClN2/c1-8(10-4-3-5-10)6-11(7-13)14-9(2)12/h6,10H,2-5H2,1H3/b8-6+,14-11+. The zero-order valence-electron chi connectivity index (χ0n) is 8.26. The Morgan fingerprint density at radius 2 is 2.29 bits per heavy atom. The second kappa shape index (κ2) is 4.97. The van der Waals surface area contributed by atoms with Crippen LogP contribution < -0.4 is 0 Å². The lowest BCUT2D eigenvalue weighted by atomic mass is 9.80. The van der Waals surface area contributed by atoms with Crippen LogP contribution in [0.25, 0.3) is 0 Å². The van der Waals surface area contributed by atoms with Crippen molar-refractivity contribution in [2.45, 2.75) is 26.2 Å². The smallest absolute Gasteiger partial charge is 0.142 e. The number of nitriles is 1. The number of hydrogen-bond acceptors (Lipinski definition) is 2. The van der Waals surface area contributed by atoms with Gasteiger partial charge in [0.1, 0.15) is 16.9 Å². The Morgan fingerprint density at radius 1 is 1.64 bits per heavy atom. The topological polar surface area (TPSA) is 36.1 Å². The van der Waals surface area contributed by atoms with E-state index in [2.05, 4.69) is 11.6 Å². The summed E-state index contributed by atoms with van der Waals surface area (Å²) in [5.41, 5.74) is 1.56. The molecule has 74 valence electrons. The fourth-order valence-electron chi connectivity index (χ4n) is 1.42. The van der Waals surface area contributed by atoms with Crippen LogP contribution in [0.3, 0.4) is 0 Å². The third kappa shape index (κ3) is 3.01. The van der Waals surface area contributed by atoms with Gasteiger partial charge in [-0.2, -0.15) is 5.26 Å². The molecule has 1 aliphatic rings. The fourth-order valence-corrected chi connectivity index (χ4v) is 1.51. The summed E-state index contributed by atoms with van der Waals surface area (Å²) in [7, 11) is 0. The van der Waals surface area contributed by atoms with Gasteiger partial charge in [0.2, 0.25) is 0 Å². The molecule has 0 saturated heterocycles. The van der Waals surface area contributed by atoms with Crippen molar-refractivity contribution in [2.24, 2.45) is 10.9 Å². The predicted octanol–water partition coefficient (Wildman–Crippen LogP) is 3.41. The average molecular weight is 209 g/mol. The third-order valence-corrected chi connectivity index (χ3v) is 2.55. The molecule has 0 aliphatic heterocycles. The van der Waals surface area contributed by atoms with Gasteiger partial charge in [-0.1, -0.05) is 30.2 Å².